The maximum Gasteiger partial charge on any atom is 0.0659 e. The lowest BCUT2D eigenvalue weighted by atomic mass is 10.1. The molecule has 1 aliphatic carbocycles. The number of nitrogens with zero attached hydrogens (tertiary/aromatic N) is 2. The Morgan fingerprint density at radius 3 is 2.88 bits per heavy atom. The molecule has 2 aromatic rings. The monoisotopic (exact) mass is 212 g/mol. The quantitative estimate of drug-likeness (QED) is 0.748. The highest BCUT2D eigenvalue weighted by molar-refractivity contribution is 5.35. The summed E-state index contributed by atoms with van der Waals surface area (Å²) in [6.45, 7) is 2.92. The molecule has 0 N–H and O–H groups in total. The van der Waals surface area contributed by atoms with E-state index in [1.807, 2.05) is 23.9 Å². The fourth-order valence-corrected chi connectivity index (χ4v) is 2.46. The van der Waals surface area contributed by atoms with Gasteiger partial charge in [0.1, 0.15) is 0 Å². The van der Waals surface area contributed by atoms with Crippen molar-refractivity contribution in [3.8, 4) is 0 Å². The van der Waals surface area contributed by atoms with Gasteiger partial charge < -0.3 is 0 Å². The third kappa shape index (κ3) is 1.75. The van der Waals surface area contributed by atoms with E-state index in [-0.39, 0.29) is 0 Å². The van der Waals surface area contributed by atoms with E-state index in [4.69, 9.17) is 0 Å². The first kappa shape index (κ1) is 9.64. The molecule has 1 heterocycles. The molecular formula is C14H16N2. The third-order valence-electron chi connectivity index (χ3n) is 3.28. The van der Waals surface area contributed by atoms with E-state index in [0.717, 1.165) is 12.2 Å². The van der Waals surface area contributed by atoms with Crippen molar-refractivity contribution in [1.82, 2.24) is 9.78 Å². The van der Waals surface area contributed by atoms with Crippen LogP contribution < -0.4 is 0 Å². The maximum atomic E-state index is 4.42. The van der Waals surface area contributed by atoms with Gasteiger partial charge in [-0.05, 0) is 48.9 Å². The van der Waals surface area contributed by atoms with Crippen LogP contribution in [-0.2, 0) is 19.4 Å². The number of hydrogen-bond donors (Lipinski definition) is 0. The number of aryl methyl sites for hydroxylation is 3. The van der Waals surface area contributed by atoms with Crippen LogP contribution in [0, 0.1) is 6.92 Å². The predicted molar refractivity (Wildman–Crippen MR) is 64.5 cm³/mol. The summed E-state index contributed by atoms with van der Waals surface area (Å²) in [6.07, 6.45) is 5.88. The molecule has 3 rings (SSSR count). The van der Waals surface area contributed by atoms with Gasteiger partial charge in [-0.15, -0.1) is 0 Å². The Bertz CT molecular complexity index is 511. The van der Waals surface area contributed by atoms with Gasteiger partial charge in [0.25, 0.3) is 0 Å². The van der Waals surface area contributed by atoms with Gasteiger partial charge in [-0.1, -0.05) is 18.2 Å². The van der Waals surface area contributed by atoms with Gasteiger partial charge in [-0.2, -0.15) is 5.10 Å². The zero-order valence-corrected chi connectivity index (χ0v) is 9.61. The van der Waals surface area contributed by atoms with Crippen LogP contribution in [0.4, 0.5) is 0 Å². The average Bonchev–Trinajstić information content (AvgIpc) is 2.87. The van der Waals surface area contributed by atoms with Crippen molar-refractivity contribution < 1.29 is 0 Å². The molecule has 1 aromatic heterocycles. The van der Waals surface area contributed by atoms with Crippen molar-refractivity contribution in [2.75, 3.05) is 0 Å². The first-order chi connectivity index (χ1) is 7.81. The molecule has 0 unspecified atom stereocenters. The van der Waals surface area contributed by atoms with E-state index < -0.39 is 0 Å². The summed E-state index contributed by atoms with van der Waals surface area (Å²) in [5.41, 5.74) is 5.53. The molecule has 0 bridgehead atoms. The van der Waals surface area contributed by atoms with Crippen LogP contribution in [0.1, 0.15) is 28.8 Å². The summed E-state index contributed by atoms with van der Waals surface area (Å²) in [5.74, 6) is 0. The van der Waals surface area contributed by atoms with Crippen LogP contribution in [0.5, 0.6) is 0 Å². The highest BCUT2D eigenvalue weighted by Gasteiger charge is 2.10. The summed E-state index contributed by atoms with van der Waals surface area (Å²) in [5, 5.41) is 4.42. The first-order valence-corrected chi connectivity index (χ1v) is 5.92. The lowest BCUT2D eigenvalue weighted by Crippen LogP contribution is -2.01. The maximum absolute atomic E-state index is 4.42. The third-order valence-corrected chi connectivity index (χ3v) is 3.28. The molecule has 1 aromatic carbocycles. The lowest BCUT2D eigenvalue weighted by molar-refractivity contribution is 0.679. The molecule has 2 heteroatoms. The molecule has 0 saturated heterocycles. The van der Waals surface area contributed by atoms with Gasteiger partial charge in [0, 0.05) is 6.20 Å². The van der Waals surface area contributed by atoms with E-state index in [9.17, 15) is 0 Å². The van der Waals surface area contributed by atoms with Crippen LogP contribution in [0.25, 0.3) is 0 Å². The van der Waals surface area contributed by atoms with Gasteiger partial charge in [-0.25, -0.2) is 0 Å². The Balaban J connectivity index is 1.85. The second-order valence-electron chi connectivity index (χ2n) is 4.61. The van der Waals surface area contributed by atoms with Crippen molar-refractivity contribution in [2.24, 2.45) is 0 Å². The van der Waals surface area contributed by atoms with Crippen LogP contribution in [0.3, 0.4) is 0 Å². The molecule has 82 valence electrons. The van der Waals surface area contributed by atoms with E-state index >= 15 is 0 Å². The van der Waals surface area contributed by atoms with Crippen molar-refractivity contribution >= 4 is 0 Å². The first-order valence-electron chi connectivity index (χ1n) is 5.92. The molecule has 0 atom stereocenters. The van der Waals surface area contributed by atoms with Gasteiger partial charge in [-0.3, -0.25) is 4.68 Å². The number of benzene rings is 1. The summed E-state index contributed by atoms with van der Waals surface area (Å²) in [7, 11) is 0. The van der Waals surface area contributed by atoms with Crippen molar-refractivity contribution in [3.63, 3.8) is 0 Å². The van der Waals surface area contributed by atoms with Crippen molar-refractivity contribution in [3.05, 3.63) is 52.8 Å². The number of hydrogen-bond acceptors (Lipinski definition) is 1. The number of aromatic nitrogens is 2. The Hall–Kier alpha value is -1.57. The minimum Gasteiger partial charge on any atom is -0.268 e. The molecular weight excluding hydrogens is 196 g/mol. The van der Waals surface area contributed by atoms with Crippen LogP contribution in [0.15, 0.2) is 30.5 Å². The zero-order chi connectivity index (χ0) is 11.0. The van der Waals surface area contributed by atoms with Crippen LogP contribution in [-0.4, -0.2) is 9.78 Å². The van der Waals surface area contributed by atoms with E-state index in [2.05, 4.69) is 23.3 Å². The Morgan fingerprint density at radius 1 is 1.19 bits per heavy atom. The summed E-state index contributed by atoms with van der Waals surface area (Å²) >= 11 is 0. The van der Waals surface area contributed by atoms with Gasteiger partial charge in [0.2, 0.25) is 0 Å². The molecule has 1 aliphatic rings. The standard InChI is InChI=1S/C14H16N2/c1-11-7-8-16(15-11)10-12-5-6-13-3-2-4-14(13)9-12/h5-9H,2-4,10H2,1H3. The van der Waals surface area contributed by atoms with Crippen molar-refractivity contribution in [2.45, 2.75) is 32.7 Å². The van der Waals surface area contributed by atoms with Crippen LogP contribution in [0.2, 0.25) is 0 Å². The normalized spacial score (nSPS) is 14.1. The highest BCUT2D eigenvalue weighted by atomic mass is 15.3. The topological polar surface area (TPSA) is 17.8 Å². The van der Waals surface area contributed by atoms with E-state index in [0.29, 0.717) is 0 Å². The molecule has 0 saturated carbocycles. The SMILES string of the molecule is Cc1ccn(Cc2ccc3c(c2)CCC3)n1. The molecule has 2 nitrogen and oxygen atoms in total. The predicted octanol–water partition coefficient (Wildman–Crippen LogP) is 2.73. The fourth-order valence-electron chi connectivity index (χ4n) is 2.46. The van der Waals surface area contributed by atoms with Crippen molar-refractivity contribution in [1.29, 1.82) is 0 Å². The molecule has 16 heavy (non-hydrogen) atoms. The van der Waals surface area contributed by atoms with Gasteiger partial charge in [0.15, 0.2) is 0 Å². The number of fused-ring (bicyclic) bond motifs is 1. The van der Waals surface area contributed by atoms with Gasteiger partial charge in [0.05, 0.1) is 12.2 Å². The second-order valence-corrected chi connectivity index (χ2v) is 4.61. The largest absolute Gasteiger partial charge is 0.268 e. The lowest BCUT2D eigenvalue weighted by Gasteiger charge is -2.05. The Kier molecular flexibility index (Phi) is 2.28. The fraction of sp³-hybridized carbons (Fsp3) is 0.357. The Morgan fingerprint density at radius 2 is 2.06 bits per heavy atom. The van der Waals surface area contributed by atoms with Gasteiger partial charge >= 0.3 is 0 Å². The molecule has 0 fully saturated rings. The minimum atomic E-state index is 0.890. The summed E-state index contributed by atoms with van der Waals surface area (Å²) < 4.78 is 2.01. The average molecular weight is 212 g/mol. The van der Waals surface area contributed by atoms with Crippen LogP contribution >= 0.6 is 0 Å². The van der Waals surface area contributed by atoms with E-state index in [1.165, 1.54) is 24.8 Å². The molecule has 0 spiro atoms. The molecule has 0 radical (unpaired) electrons. The van der Waals surface area contributed by atoms with E-state index in [1.54, 1.807) is 11.1 Å². The Labute approximate surface area is 95.9 Å². The molecule has 0 amide bonds. The molecule has 0 aliphatic heterocycles. The summed E-state index contributed by atoms with van der Waals surface area (Å²) in [4.78, 5) is 0. The summed E-state index contributed by atoms with van der Waals surface area (Å²) in [6, 6.07) is 8.92. The highest BCUT2D eigenvalue weighted by Crippen LogP contribution is 2.23. The minimum absolute atomic E-state index is 0.890. The second kappa shape index (κ2) is 3.78. The number of rotatable bonds is 2. The zero-order valence-electron chi connectivity index (χ0n) is 9.61. The smallest absolute Gasteiger partial charge is 0.0659 e.